The first-order valence-electron chi connectivity index (χ1n) is 8.54. The zero-order chi connectivity index (χ0) is 17.4. The zero-order valence-electron chi connectivity index (χ0n) is 14.4. The maximum Gasteiger partial charge on any atom is 0.217 e. The molecule has 1 saturated heterocycles. The fraction of sp³-hybridized carbons (Fsp3) is 0.300. The van der Waals surface area contributed by atoms with E-state index in [0.29, 0.717) is 6.54 Å². The molecule has 1 aliphatic heterocycles. The Bertz CT molecular complexity index is 913. The van der Waals surface area contributed by atoms with Crippen LogP contribution in [0.2, 0.25) is 0 Å². The number of aromatic nitrogens is 1. The second kappa shape index (κ2) is 6.24. The number of amides is 1. The lowest BCUT2D eigenvalue weighted by molar-refractivity contribution is -0.119. The van der Waals surface area contributed by atoms with Crippen molar-refractivity contribution in [3.63, 3.8) is 0 Å². The van der Waals surface area contributed by atoms with E-state index < -0.39 is 0 Å². The van der Waals surface area contributed by atoms with Crippen LogP contribution in [0.15, 0.2) is 53.1 Å². The number of anilines is 1. The summed E-state index contributed by atoms with van der Waals surface area (Å²) in [6.07, 6.45) is 1.84. The average Bonchev–Trinajstić information content (AvgIpc) is 3.20. The molecule has 3 aromatic rings. The van der Waals surface area contributed by atoms with Gasteiger partial charge in [0.2, 0.25) is 5.91 Å². The molecule has 25 heavy (non-hydrogen) atoms. The highest BCUT2D eigenvalue weighted by molar-refractivity contribution is 5.92. The summed E-state index contributed by atoms with van der Waals surface area (Å²) in [7, 11) is 0. The van der Waals surface area contributed by atoms with Crippen molar-refractivity contribution < 1.29 is 9.21 Å². The number of hydrogen-bond donors (Lipinski definition) is 1. The third-order valence-electron chi connectivity index (χ3n) is 4.79. The third-order valence-corrected chi connectivity index (χ3v) is 4.79. The molecule has 2 atom stereocenters. The van der Waals surface area contributed by atoms with Gasteiger partial charge in [0.1, 0.15) is 17.3 Å². The molecule has 2 aromatic heterocycles. The van der Waals surface area contributed by atoms with Crippen molar-refractivity contribution in [3.8, 4) is 0 Å². The quantitative estimate of drug-likeness (QED) is 0.798. The highest BCUT2D eigenvalue weighted by atomic mass is 16.3. The van der Waals surface area contributed by atoms with Crippen molar-refractivity contribution in [2.45, 2.75) is 25.8 Å². The highest BCUT2D eigenvalue weighted by Gasteiger charge is 2.37. The largest absolute Gasteiger partial charge is 0.466 e. The summed E-state index contributed by atoms with van der Waals surface area (Å²) in [6.45, 7) is 4.98. The number of fused-ring (bicyclic) bond motifs is 1. The lowest BCUT2D eigenvalue weighted by Gasteiger charge is -2.19. The third kappa shape index (κ3) is 2.97. The molecule has 0 bridgehead atoms. The second-order valence-electron chi connectivity index (χ2n) is 6.62. The molecular formula is C20H21N3O2. The molecule has 0 saturated carbocycles. The highest BCUT2D eigenvalue weighted by Crippen LogP contribution is 2.34. The minimum Gasteiger partial charge on any atom is -0.466 e. The van der Waals surface area contributed by atoms with Gasteiger partial charge in [-0.25, -0.2) is 4.98 Å². The Hall–Kier alpha value is -2.82. The minimum atomic E-state index is -0.0222. The molecule has 0 unspecified atom stereocenters. The van der Waals surface area contributed by atoms with Crippen LogP contribution in [0.1, 0.15) is 24.4 Å². The number of carbonyl (C=O) groups is 1. The lowest BCUT2D eigenvalue weighted by atomic mass is 10.0. The Morgan fingerprint density at radius 1 is 1.20 bits per heavy atom. The van der Waals surface area contributed by atoms with E-state index in [1.54, 1.807) is 6.92 Å². The van der Waals surface area contributed by atoms with Crippen LogP contribution in [-0.2, 0) is 4.79 Å². The number of hydrogen-bond acceptors (Lipinski definition) is 4. The van der Waals surface area contributed by atoms with E-state index in [9.17, 15) is 4.79 Å². The first kappa shape index (κ1) is 15.7. The number of carbonyl (C=O) groups excluding carboxylic acids is 1. The van der Waals surface area contributed by atoms with Crippen molar-refractivity contribution in [1.29, 1.82) is 0 Å². The van der Waals surface area contributed by atoms with E-state index >= 15 is 0 Å². The van der Waals surface area contributed by atoms with Gasteiger partial charge in [0.15, 0.2) is 0 Å². The van der Waals surface area contributed by atoms with Crippen LogP contribution in [0.4, 0.5) is 5.82 Å². The Balaban J connectivity index is 1.70. The number of nitrogens with one attached hydrogen (secondary N) is 1. The Morgan fingerprint density at radius 2 is 2.04 bits per heavy atom. The molecule has 3 heterocycles. The summed E-state index contributed by atoms with van der Waals surface area (Å²) in [4.78, 5) is 18.5. The van der Waals surface area contributed by atoms with E-state index in [1.165, 1.54) is 5.39 Å². The van der Waals surface area contributed by atoms with E-state index in [-0.39, 0.29) is 17.9 Å². The molecule has 4 rings (SSSR count). The molecular weight excluding hydrogens is 314 g/mol. The van der Waals surface area contributed by atoms with Gasteiger partial charge in [0.25, 0.3) is 0 Å². The Morgan fingerprint density at radius 3 is 2.80 bits per heavy atom. The predicted molar refractivity (Wildman–Crippen MR) is 97.7 cm³/mol. The molecule has 1 fully saturated rings. The topological polar surface area (TPSA) is 58.4 Å². The van der Waals surface area contributed by atoms with Crippen molar-refractivity contribution in [2.24, 2.45) is 0 Å². The summed E-state index contributed by atoms with van der Waals surface area (Å²) in [5.74, 6) is 2.85. The lowest BCUT2D eigenvalue weighted by Crippen LogP contribution is -2.38. The summed E-state index contributed by atoms with van der Waals surface area (Å²) in [5, 5.41) is 5.37. The number of pyridine rings is 1. The number of rotatable bonds is 3. The molecule has 1 aliphatic rings. The second-order valence-corrected chi connectivity index (χ2v) is 6.62. The van der Waals surface area contributed by atoms with Crippen molar-refractivity contribution in [1.82, 2.24) is 10.3 Å². The smallest absolute Gasteiger partial charge is 0.217 e. The monoisotopic (exact) mass is 335 g/mol. The van der Waals surface area contributed by atoms with Gasteiger partial charge in [-0.2, -0.15) is 0 Å². The van der Waals surface area contributed by atoms with Gasteiger partial charge in [0.05, 0.1) is 12.0 Å². The number of nitrogens with zero attached hydrogens (tertiary/aromatic N) is 2. The number of aryl methyl sites for hydroxylation is 1. The molecule has 5 heteroatoms. The fourth-order valence-corrected chi connectivity index (χ4v) is 3.68. The summed E-state index contributed by atoms with van der Waals surface area (Å²) >= 11 is 0. The summed E-state index contributed by atoms with van der Waals surface area (Å²) in [5.41, 5.74) is 0. The molecule has 1 N–H and O–H groups in total. The molecule has 5 nitrogen and oxygen atoms in total. The van der Waals surface area contributed by atoms with Crippen LogP contribution in [0, 0.1) is 6.92 Å². The maximum atomic E-state index is 11.7. The van der Waals surface area contributed by atoms with Crippen LogP contribution in [-0.4, -0.2) is 30.0 Å². The zero-order valence-corrected chi connectivity index (χ0v) is 14.4. The first-order chi connectivity index (χ1) is 12.1. The van der Waals surface area contributed by atoms with Crippen LogP contribution in [0.3, 0.4) is 0 Å². The molecule has 0 radical (unpaired) electrons. The standard InChI is InChI=1S/C20H21N3O2/c1-13-7-8-19(25-13)17-11-23(12-18(17)22-14(2)24)20-16-6-4-3-5-15(16)9-10-21-20/h3-10,17-18H,11-12H2,1-2H3,(H,22,24)/t17-,18-/m1/s1. The van der Waals surface area contributed by atoms with Gasteiger partial charge in [-0.15, -0.1) is 0 Å². The van der Waals surface area contributed by atoms with E-state index in [4.69, 9.17) is 4.42 Å². The molecule has 0 spiro atoms. The van der Waals surface area contributed by atoms with Crippen molar-refractivity contribution >= 4 is 22.5 Å². The van der Waals surface area contributed by atoms with E-state index in [1.807, 2.05) is 43.5 Å². The Labute approximate surface area is 146 Å². The molecule has 128 valence electrons. The number of furan rings is 1. The van der Waals surface area contributed by atoms with Crippen molar-refractivity contribution in [3.05, 3.63) is 60.2 Å². The molecule has 0 aliphatic carbocycles. The van der Waals surface area contributed by atoms with Gasteiger partial charge in [0, 0.05) is 31.6 Å². The SMILES string of the molecule is CC(=O)N[C@@H]1CN(c2nccc3ccccc23)C[C@H]1c1ccc(C)o1. The van der Waals surface area contributed by atoms with Crippen LogP contribution < -0.4 is 10.2 Å². The van der Waals surface area contributed by atoms with Crippen LogP contribution >= 0.6 is 0 Å². The van der Waals surface area contributed by atoms with E-state index in [0.717, 1.165) is 29.3 Å². The van der Waals surface area contributed by atoms with Crippen LogP contribution in [0.5, 0.6) is 0 Å². The fourth-order valence-electron chi connectivity index (χ4n) is 3.68. The maximum absolute atomic E-state index is 11.7. The normalized spacial score (nSPS) is 20.2. The molecule has 1 amide bonds. The summed E-state index contributed by atoms with van der Waals surface area (Å²) < 4.78 is 5.85. The Kier molecular flexibility index (Phi) is 3.92. The van der Waals surface area contributed by atoms with Gasteiger partial charge >= 0.3 is 0 Å². The predicted octanol–water partition coefficient (Wildman–Crippen LogP) is 3.24. The van der Waals surface area contributed by atoms with Gasteiger partial charge in [-0.3, -0.25) is 4.79 Å². The van der Waals surface area contributed by atoms with Crippen LogP contribution in [0.25, 0.3) is 10.8 Å². The summed E-state index contributed by atoms with van der Waals surface area (Å²) in [6, 6.07) is 14.3. The van der Waals surface area contributed by atoms with Gasteiger partial charge < -0.3 is 14.6 Å². The van der Waals surface area contributed by atoms with Gasteiger partial charge in [-0.05, 0) is 30.5 Å². The van der Waals surface area contributed by atoms with Gasteiger partial charge in [-0.1, -0.05) is 24.3 Å². The number of benzene rings is 1. The molecule has 1 aromatic carbocycles. The van der Waals surface area contributed by atoms with Crippen molar-refractivity contribution in [2.75, 3.05) is 18.0 Å². The van der Waals surface area contributed by atoms with E-state index in [2.05, 4.69) is 27.3 Å². The average molecular weight is 335 g/mol. The minimum absolute atomic E-state index is 0.00354. The first-order valence-corrected chi connectivity index (χ1v) is 8.54.